The fraction of sp³-hybridized carbons (Fsp3) is 0.278. The molecule has 0 unspecified atom stereocenters. The number of aryl methyl sites for hydroxylation is 2. The monoisotopic (exact) mass is 323 g/mol. The van der Waals surface area contributed by atoms with Crippen LogP contribution in [0.15, 0.2) is 42.6 Å². The molecule has 0 radical (unpaired) electrons. The molecule has 124 valence electrons. The Morgan fingerprint density at radius 3 is 2.62 bits per heavy atom. The first-order chi connectivity index (χ1) is 11.5. The van der Waals surface area contributed by atoms with Gasteiger partial charge in [0.25, 0.3) is 5.91 Å². The number of H-pyrrole nitrogens is 1. The van der Waals surface area contributed by atoms with Crippen LogP contribution in [0.5, 0.6) is 0 Å². The van der Waals surface area contributed by atoms with Gasteiger partial charge in [-0.15, -0.1) is 0 Å². The quantitative estimate of drug-likeness (QED) is 0.802. The lowest BCUT2D eigenvalue weighted by Gasteiger charge is -2.23. The number of nitrogens with one attached hydrogen (secondary N) is 1. The fourth-order valence-electron chi connectivity index (χ4n) is 2.69. The van der Waals surface area contributed by atoms with Crippen LogP contribution < -0.4 is 0 Å². The number of nitrogens with zero attached hydrogens (tertiary/aromatic N) is 4. The van der Waals surface area contributed by atoms with Crippen LogP contribution in [0.4, 0.5) is 0 Å². The summed E-state index contributed by atoms with van der Waals surface area (Å²) >= 11 is 0. The molecule has 2 aromatic heterocycles. The third-order valence-corrected chi connectivity index (χ3v) is 4.26. The van der Waals surface area contributed by atoms with Gasteiger partial charge in [0.2, 0.25) is 0 Å². The number of amides is 1. The maximum atomic E-state index is 12.7. The van der Waals surface area contributed by atoms with E-state index in [4.69, 9.17) is 0 Å². The lowest BCUT2D eigenvalue weighted by Crippen LogP contribution is -2.30. The fourth-order valence-corrected chi connectivity index (χ4v) is 2.69. The van der Waals surface area contributed by atoms with Crippen LogP contribution in [0.1, 0.15) is 34.7 Å². The van der Waals surface area contributed by atoms with E-state index in [1.54, 1.807) is 22.8 Å². The average molecular weight is 323 g/mol. The van der Waals surface area contributed by atoms with Crippen molar-refractivity contribution in [1.82, 2.24) is 24.9 Å². The third kappa shape index (κ3) is 2.95. The molecule has 6 heteroatoms. The number of hydrogen-bond acceptors (Lipinski definition) is 3. The van der Waals surface area contributed by atoms with Crippen molar-refractivity contribution < 1.29 is 4.79 Å². The summed E-state index contributed by atoms with van der Waals surface area (Å²) in [6.07, 6.45) is 1.75. The van der Waals surface area contributed by atoms with E-state index in [9.17, 15) is 4.79 Å². The molecule has 3 rings (SSSR count). The number of rotatable bonds is 4. The maximum Gasteiger partial charge on any atom is 0.257 e. The number of carbonyl (C=O) groups excluding carboxylic acids is 1. The van der Waals surface area contributed by atoms with E-state index in [1.807, 2.05) is 57.3 Å². The van der Waals surface area contributed by atoms with E-state index in [1.165, 1.54) is 0 Å². The first-order valence-electron chi connectivity index (χ1n) is 7.85. The lowest BCUT2D eigenvalue weighted by atomic mass is 10.1. The lowest BCUT2D eigenvalue weighted by molar-refractivity contribution is 0.0739. The van der Waals surface area contributed by atoms with Gasteiger partial charge in [0, 0.05) is 25.9 Å². The highest BCUT2D eigenvalue weighted by atomic mass is 16.2. The van der Waals surface area contributed by atoms with Crippen LogP contribution in [0.3, 0.4) is 0 Å². The Morgan fingerprint density at radius 2 is 2.00 bits per heavy atom. The van der Waals surface area contributed by atoms with E-state index < -0.39 is 0 Å². The molecule has 0 bridgehead atoms. The predicted molar refractivity (Wildman–Crippen MR) is 92.5 cm³/mol. The molecule has 1 amide bonds. The van der Waals surface area contributed by atoms with Crippen molar-refractivity contribution in [1.29, 1.82) is 0 Å². The summed E-state index contributed by atoms with van der Waals surface area (Å²) in [5.41, 5.74) is 4.16. The summed E-state index contributed by atoms with van der Waals surface area (Å²) < 4.78 is 1.66. The molecule has 0 fully saturated rings. The summed E-state index contributed by atoms with van der Waals surface area (Å²) in [4.78, 5) is 14.4. The van der Waals surface area contributed by atoms with Gasteiger partial charge in [0.15, 0.2) is 0 Å². The first kappa shape index (κ1) is 16.0. The van der Waals surface area contributed by atoms with Crippen molar-refractivity contribution >= 4 is 5.91 Å². The normalized spacial score (nSPS) is 12.2. The second kappa shape index (κ2) is 6.31. The van der Waals surface area contributed by atoms with E-state index in [0.717, 1.165) is 22.6 Å². The van der Waals surface area contributed by atoms with Crippen molar-refractivity contribution in [2.75, 3.05) is 7.05 Å². The summed E-state index contributed by atoms with van der Waals surface area (Å²) in [5.74, 6) is -0.0519. The summed E-state index contributed by atoms with van der Waals surface area (Å²) in [6, 6.07) is 11.8. The van der Waals surface area contributed by atoms with Gasteiger partial charge in [-0.25, -0.2) is 0 Å². The van der Waals surface area contributed by atoms with Gasteiger partial charge in [-0.3, -0.25) is 14.6 Å². The Balaban J connectivity index is 1.81. The van der Waals surface area contributed by atoms with Crippen molar-refractivity contribution in [3.63, 3.8) is 0 Å². The molecule has 0 saturated carbocycles. The van der Waals surface area contributed by atoms with E-state index in [2.05, 4.69) is 15.3 Å². The van der Waals surface area contributed by atoms with Crippen LogP contribution in [0, 0.1) is 6.92 Å². The third-order valence-electron chi connectivity index (χ3n) is 4.26. The van der Waals surface area contributed by atoms with Crippen LogP contribution >= 0.6 is 0 Å². The molecule has 6 nitrogen and oxygen atoms in total. The van der Waals surface area contributed by atoms with Crippen molar-refractivity contribution in [3.05, 3.63) is 59.5 Å². The number of benzene rings is 1. The zero-order chi connectivity index (χ0) is 17.3. The minimum atomic E-state index is -0.123. The SMILES string of the molecule is Cc1nn(C)cc1C(=O)N(C)[C@H](C)c1cc(-c2ccccc2)n[nH]1. The summed E-state index contributed by atoms with van der Waals surface area (Å²) in [6.45, 7) is 3.82. The zero-order valence-electron chi connectivity index (χ0n) is 14.3. The molecule has 2 heterocycles. The smallest absolute Gasteiger partial charge is 0.257 e. The van der Waals surface area contributed by atoms with Crippen LogP contribution in [0.25, 0.3) is 11.3 Å². The molecule has 0 aliphatic heterocycles. The van der Waals surface area contributed by atoms with Crippen molar-refractivity contribution in [2.45, 2.75) is 19.9 Å². The van der Waals surface area contributed by atoms with Gasteiger partial charge in [0.05, 0.1) is 28.7 Å². The molecule has 24 heavy (non-hydrogen) atoms. The molecule has 0 saturated heterocycles. The Kier molecular flexibility index (Phi) is 4.20. The highest BCUT2D eigenvalue weighted by Gasteiger charge is 2.23. The van der Waals surface area contributed by atoms with Gasteiger partial charge >= 0.3 is 0 Å². The van der Waals surface area contributed by atoms with Gasteiger partial charge < -0.3 is 4.90 Å². The van der Waals surface area contributed by atoms with Crippen LogP contribution in [-0.4, -0.2) is 37.8 Å². The first-order valence-corrected chi connectivity index (χ1v) is 7.85. The van der Waals surface area contributed by atoms with Crippen LogP contribution in [-0.2, 0) is 7.05 Å². The minimum absolute atomic E-state index is 0.0519. The number of carbonyl (C=O) groups is 1. The molecule has 1 atom stereocenters. The van der Waals surface area contributed by atoms with E-state index in [0.29, 0.717) is 5.56 Å². The van der Waals surface area contributed by atoms with Crippen molar-refractivity contribution in [2.24, 2.45) is 7.05 Å². The van der Waals surface area contributed by atoms with Crippen LogP contribution in [0.2, 0.25) is 0 Å². The second-order valence-electron chi connectivity index (χ2n) is 5.97. The van der Waals surface area contributed by atoms with Gasteiger partial charge in [0.1, 0.15) is 0 Å². The molecule has 3 aromatic rings. The van der Waals surface area contributed by atoms with E-state index >= 15 is 0 Å². The van der Waals surface area contributed by atoms with E-state index in [-0.39, 0.29) is 11.9 Å². The highest BCUT2D eigenvalue weighted by Crippen LogP contribution is 2.24. The minimum Gasteiger partial charge on any atom is -0.333 e. The van der Waals surface area contributed by atoms with Gasteiger partial charge in [-0.1, -0.05) is 30.3 Å². The number of aromatic nitrogens is 4. The molecule has 0 aliphatic carbocycles. The Morgan fingerprint density at radius 1 is 1.29 bits per heavy atom. The number of hydrogen-bond donors (Lipinski definition) is 1. The van der Waals surface area contributed by atoms with Gasteiger partial charge in [-0.05, 0) is 19.9 Å². The average Bonchev–Trinajstić information content (AvgIpc) is 3.20. The maximum absolute atomic E-state index is 12.7. The molecule has 1 N–H and O–H groups in total. The zero-order valence-corrected chi connectivity index (χ0v) is 14.3. The summed E-state index contributed by atoms with van der Waals surface area (Å²) in [7, 11) is 3.61. The highest BCUT2D eigenvalue weighted by molar-refractivity contribution is 5.95. The largest absolute Gasteiger partial charge is 0.333 e. The predicted octanol–water partition coefficient (Wildman–Crippen LogP) is 2.95. The number of aromatic amines is 1. The van der Waals surface area contributed by atoms with Gasteiger partial charge in [-0.2, -0.15) is 10.2 Å². The standard InChI is InChI=1S/C18H21N5O/c1-12-15(11-22(3)21-12)18(24)23(4)13(2)16-10-17(20-19-16)14-8-6-5-7-9-14/h5-11,13H,1-4H3,(H,19,20)/t13-/m1/s1. The molecular weight excluding hydrogens is 302 g/mol. The topological polar surface area (TPSA) is 66.8 Å². The Hall–Kier alpha value is -2.89. The Bertz CT molecular complexity index is 849. The second-order valence-corrected chi connectivity index (χ2v) is 5.97. The molecular formula is C18H21N5O. The molecule has 1 aromatic carbocycles. The Labute approximate surface area is 141 Å². The summed E-state index contributed by atoms with van der Waals surface area (Å²) in [5, 5.41) is 11.6. The van der Waals surface area contributed by atoms with Crippen molar-refractivity contribution in [3.8, 4) is 11.3 Å². The molecule has 0 spiro atoms. The molecule has 0 aliphatic rings.